The number of nitrogens with two attached hydrogens (primary N) is 1. The fourth-order valence-electron chi connectivity index (χ4n) is 2.17. The molecule has 1 aromatic carbocycles. The van der Waals surface area contributed by atoms with E-state index < -0.39 is 0 Å². The van der Waals surface area contributed by atoms with Crippen molar-refractivity contribution in [3.8, 4) is 0 Å². The number of nitrogens with zero attached hydrogens (tertiary/aromatic N) is 2. The van der Waals surface area contributed by atoms with Crippen molar-refractivity contribution >= 4 is 5.91 Å². The Morgan fingerprint density at radius 3 is 2.45 bits per heavy atom. The van der Waals surface area contributed by atoms with Crippen molar-refractivity contribution in [2.75, 3.05) is 13.6 Å². The average molecular weight is 269 g/mol. The number of amides is 1. The third-order valence-corrected chi connectivity index (χ3v) is 3.28. The van der Waals surface area contributed by atoms with Crippen LogP contribution in [0.3, 0.4) is 0 Å². The van der Waals surface area contributed by atoms with Crippen molar-refractivity contribution in [2.24, 2.45) is 5.73 Å². The number of aromatic nitrogens is 1. The molecule has 0 bridgehead atoms. The second-order valence-electron chi connectivity index (χ2n) is 4.75. The summed E-state index contributed by atoms with van der Waals surface area (Å²) in [5.74, 6) is -0.251. The summed E-state index contributed by atoms with van der Waals surface area (Å²) in [6.07, 6.45) is 3.45. The first-order valence-corrected chi connectivity index (χ1v) is 6.61. The molecule has 0 fully saturated rings. The quantitative estimate of drug-likeness (QED) is 0.900. The molecule has 1 aromatic heterocycles. The standard InChI is InChI=1S/C16H19N3O/c1-19(12-13-7-9-18-10-8-13)16(20)15(11-17)14-5-3-2-4-6-14/h2-10,15H,11-12,17H2,1H3. The zero-order valence-electron chi connectivity index (χ0n) is 11.6. The topological polar surface area (TPSA) is 59.2 Å². The molecule has 4 heteroatoms. The fourth-order valence-corrected chi connectivity index (χ4v) is 2.17. The van der Waals surface area contributed by atoms with Crippen LogP contribution in [0.25, 0.3) is 0 Å². The molecule has 1 unspecified atom stereocenters. The lowest BCUT2D eigenvalue weighted by molar-refractivity contribution is -0.131. The van der Waals surface area contributed by atoms with E-state index in [1.165, 1.54) is 0 Å². The second-order valence-corrected chi connectivity index (χ2v) is 4.75. The van der Waals surface area contributed by atoms with Gasteiger partial charge in [-0.3, -0.25) is 9.78 Å². The van der Waals surface area contributed by atoms with E-state index in [1.54, 1.807) is 24.3 Å². The molecule has 2 N–H and O–H groups in total. The van der Waals surface area contributed by atoms with Crippen LogP contribution in [0.15, 0.2) is 54.9 Å². The highest BCUT2D eigenvalue weighted by atomic mass is 16.2. The molecule has 20 heavy (non-hydrogen) atoms. The van der Waals surface area contributed by atoms with Gasteiger partial charge >= 0.3 is 0 Å². The summed E-state index contributed by atoms with van der Waals surface area (Å²) in [5.41, 5.74) is 7.79. The fraction of sp³-hybridized carbons (Fsp3) is 0.250. The molecular weight excluding hydrogens is 250 g/mol. The molecule has 0 radical (unpaired) electrons. The van der Waals surface area contributed by atoms with Crippen molar-refractivity contribution < 1.29 is 4.79 Å². The van der Waals surface area contributed by atoms with Gasteiger partial charge in [0, 0.05) is 32.5 Å². The number of rotatable bonds is 5. The van der Waals surface area contributed by atoms with Crippen molar-refractivity contribution in [1.29, 1.82) is 0 Å². The largest absolute Gasteiger partial charge is 0.341 e. The summed E-state index contributed by atoms with van der Waals surface area (Å²) in [4.78, 5) is 18.2. The van der Waals surface area contributed by atoms with Crippen LogP contribution in [0.1, 0.15) is 17.0 Å². The molecule has 0 spiro atoms. The first kappa shape index (κ1) is 14.2. The van der Waals surface area contributed by atoms with Crippen LogP contribution >= 0.6 is 0 Å². The van der Waals surface area contributed by atoms with Gasteiger partial charge in [0.2, 0.25) is 5.91 Å². The van der Waals surface area contributed by atoms with Crippen LogP contribution in [-0.2, 0) is 11.3 Å². The number of hydrogen-bond acceptors (Lipinski definition) is 3. The van der Waals surface area contributed by atoms with Crippen LogP contribution in [0.4, 0.5) is 0 Å². The van der Waals surface area contributed by atoms with E-state index in [1.807, 2.05) is 42.5 Å². The van der Waals surface area contributed by atoms with Gasteiger partial charge in [0.15, 0.2) is 0 Å². The second kappa shape index (κ2) is 6.82. The smallest absolute Gasteiger partial charge is 0.231 e. The van der Waals surface area contributed by atoms with E-state index in [9.17, 15) is 4.79 Å². The minimum absolute atomic E-state index is 0.0375. The van der Waals surface area contributed by atoms with Gasteiger partial charge in [-0.2, -0.15) is 0 Å². The molecule has 1 heterocycles. The summed E-state index contributed by atoms with van der Waals surface area (Å²) in [7, 11) is 1.80. The first-order chi connectivity index (χ1) is 9.72. The van der Waals surface area contributed by atoms with E-state index >= 15 is 0 Å². The molecule has 0 aliphatic rings. The molecule has 0 saturated carbocycles. The number of likely N-dealkylation sites (N-methyl/N-ethyl adjacent to an activating group) is 1. The lowest BCUT2D eigenvalue weighted by Gasteiger charge is -2.23. The van der Waals surface area contributed by atoms with Gasteiger partial charge in [-0.15, -0.1) is 0 Å². The van der Waals surface area contributed by atoms with E-state index in [2.05, 4.69) is 4.98 Å². The molecule has 2 rings (SSSR count). The van der Waals surface area contributed by atoms with Gasteiger partial charge in [-0.05, 0) is 23.3 Å². The zero-order chi connectivity index (χ0) is 14.4. The Bertz CT molecular complexity index is 542. The molecule has 4 nitrogen and oxygen atoms in total. The number of pyridine rings is 1. The highest BCUT2D eigenvalue weighted by Gasteiger charge is 2.22. The van der Waals surface area contributed by atoms with Crippen LogP contribution in [-0.4, -0.2) is 29.4 Å². The lowest BCUT2D eigenvalue weighted by Crippen LogP contribution is -2.34. The Balaban J connectivity index is 2.09. The minimum Gasteiger partial charge on any atom is -0.341 e. The van der Waals surface area contributed by atoms with Gasteiger partial charge in [-0.1, -0.05) is 30.3 Å². The highest BCUT2D eigenvalue weighted by molar-refractivity contribution is 5.83. The lowest BCUT2D eigenvalue weighted by atomic mass is 9.98. The summed E-state index contributed by atoms with van der Waals surface area (Å²) in [6.45, 7) is 0.869. The zero-order valence-corrected chi connectivity index (χ0v) is 11.6. The maximum absolute atomic E-state index is 12.5. The summed E-state index contributed by atoms with van der Waals surface area (Å²) in [5, 5.41) is 0. The monoisotopic (exact) mass is 269 g/mol. The Kier molecular flexibility index (Phi) is 4.85. The molecular formula is C16H19N3O. The number of hydrogen-bond donors (Lipinski definition) is 1. The van der Waals surface area contributed by atoms with Crippen molar-refractivity contribution in [3.63, 3.8) is 0 Å². The molecule has 104 valence electrons. The molecule has 0 saturated heterocycles. The van der Waals surface area contributed by atoms with Gasteiger partial charge in [0.1, 0.15) is 0 Å². The molecule has 1 amide bonds. The van der Waals surface area contributed by atoms with E-state index in [0.717, 1.165) is 11.1 Å². The third-order valence-electron chi connectivity index (χ3n) is 3.28. The van der Waals surface area contributed by atoms with Gasteiger partial charge < -0.3 is 10.6 Å². The van der Waals surface area contributed by atoms with Gasteiger partial charge in [0.05, 0.1) is 5.92 Å². The SMILES string of the molecule is CN(Cc1ccncc1)C(=O)C(CN)c1ccccc1. The van der Waals surface area contributed by atoms with Crippen molar-refractivity contribution in [1.82, 2.24) is 9.88 Å². The third kappa shape index (κ3) is 3.42. The maximum atomic E-state index is 12.5. The summed E-state index contributed by atoms with van der Waals surface area (Å²) < 4.78 is 0. The van der Waals surface area contributed by atoms with E-state index in [0.29, 0.717) is 13.1 Å². The van der Waals surface area contributed by atoms with Crippen molar-refractivity contribution in [3.05, 3.63) is 66.0 Å². The number of carbonyl (C=O) groups excluding carboxylic acids is 1. The number of carbonyl (C=O) groups is 1. The number of benzene rings is 1. The first-order valence-electron chi connectivity index (χ1n) is 6.61. The highest BCUT2D eigenvalue weighted by Crippen LogP contribution is 2.17. The van der Waals surface area contributed by atoms with Crippen LogP contribution in [0.5, 0.6) is 0 Å². The van der Waals surface area contributed by atoms with E-state index in [4.69, 9.17) is 5.73 Å². The molecule has 0 aliphatic carbocycles. The van der Waals surface area contributed by atoms with Gasteiger partial charge in [-0.25, -0.2) is 0 Å². The van der Waals surface area contributed by atoms with Crippen molar-refractivity contribution in [2.45, 2.75) is 12.5 Å². The molecule has 1 atom stereocenters. The normalized spacial score (nSPS) is 11.9. The van der Waals surface area contributed by atoms with Gasteiger partial charge in [0.25, 0.3) is 0 Å². The maximum Gasteiger partial charge on any atom is 0.231 e. The predicted molar refractivity (Wildman–Crippen MR) is 78.9 cm³/mol. The summed E-state index contributed by atoms with van der Waals surface area (Å²) >= 11 is 0. The molecule has 0 aliphatic heterocycles. The summed E-state index contributed by atoms with van der Waals surface area (Å²) in [6, 6.07) is 13.5. The van der Waals surface area contributed by atoms with E-state index in [-0.39, 0.29) is 11.8 Å². The Morgan fingerprint density at radius 1 is 1.20 bits per heavy atom. The molecule has 2 aromatic rings. The Labute approximate surface area is 119 Å². The Hall–Kier alpha value is -2.20. The predicted octanol–water partition coefficient (Wildman–Crippen LogP) is 1.78. The Morgan fingerprint density at radius 2 is 1.85 bits per heavy atom. The average Bonchev–Trinajstić information content (AvgIpc) is 2.50. The van der Waals surface area contributed by atoms with Crippen LogP contribution in [0.2, 0.25) is 0 Å². The van der Waals surface area contributed by atoms with Crippen LogP contribution < -0.4 is 5.73 Å². The minimum atomic E-state index is -0.289. The van der Waals surface area contributed by atoms with Crippen LogP contribution in [0, 0.1) is 0 Å².